The fourth-order valence-electron chi connectivity index (χ4n) is 4.23. The van der Waals surface area contributed by atoms with Gasteiger partial charge in [0.2, 0.25) is 0 Å². The van der Waals surface area contributed by atoms with E-state index in [2.05, 4.69) is 42.0 Å². The number of esters is 2. The Morgan fingerprint density at radius 1 is 0.914 bits per heavy atom. The van der Waals surface area contributed by atoms with E-state index < -0.39 is 11.9 Å². The third-order valence-electron chi connectivity index (χ3n) is 5.79. The zero-order valence-electron chi connectivity index (χ0n) is 20.5. The minimum Gasteiger partial charge on any atom is -0.423 e. The Kier molecular flexibility index (Phi) is 7.04. The largest absolute Gasteiger partial charge is 0.423 e. The number of amides is 1. The van der Waals surface area contributed by atoms with Gasteiger partial charge in [-0.25, -0.2) is 0 Å². The molecule has 1 fully saturated rings. The van der Waals surface area contributed by atoms with Crippen LogP contribution in [0.3, 0.4) is 0 Å². The highest BCUT2D eigenvalue weighted by molar-refractivity contribution is 5.95. The van der Waals surface area contributed by atoms with Gasteiger partial charge in [0.15, 0.2) is 11.5 Å². The van der Waals surface area contributed by atoms with Gasteiger partial charge in [0.05, 0.1) is 11.7 Å². The summed E-state index contributed by atoms with van der Waals surface area (Å²) in [5.74, 6) is -0.615. The zero-order chi connectivity index (χ0) is 25.1. The fourth-order valence-corrected chi connectivity index (χ4v) is 4.23. The number of rotatable bonds is 6. The topological polar surface area (TPSA) is 94.0 Å². The highest BCUT2D eigenvalue weighted by Crippen LogP contribution is 2.30. The second-order valence-electron chi connectivity index (χ2n) is 9.09. The van der Waals surface area contributed by atoms with Gasteiger partial charge in [-0.05, 0) is 42.3 Å². The molecule has 0 radical (unpaired) electrons. The molecule has 9 heteroatoms. The summed E-state index contributed by atoms with van der Waals surface area (Å²) >= 11 is 0. The van der Waals surface area contributed by atoms with E-state index in [1.165, 1.54) is 26.0 Å². The number of hydrogen-bond donors (Lipinski definition) is 0. The van der Waals surface area contributed by atoms with Crippen molar-refractivity contribution in [2.75, 3.05) is 31.1 Å². The van der Waals surface area contributed by atoms with Gasteiger partial charge < -0.3 is 19.3 Å². The lowest BCUT2D eigenvalue weighted by atomic mass is 10.1. The zero-order valence-corrected chi connectivity index (χ0v) is 20.5. The summed E-state index contributed by atoms with van der Waals surface area (Å²) in [5.41, 5.74) is 2.60. The molecule has 4 rings (SSSR count). The maximum Gasteiger partial charge on any atom is 0.308 e. The highest BCUT2D eigenvalue weighted by atomic mass is 16.6. The van der Waals surface area contributed by atoms with Gasteiger partial charge in [0, 0.05) is 63.2 Å². The van der Waals surface area contributed by atoms with Crippen LogP contribution >= 0.6 is 0 Å². The van der Waals surface area contributed by atoms with Crippen LogP contribution in [0.25, 0.3) is 10.9 Å². The molecule has 3 aromatic rings. The molecule has 0 bridgehead atoms. The molecule has 0 N–H and O–H groups in total. The van der Waals surface area contributed by atoms with Gasteiger partial charge in [-0.3, -0.25) is 19.1 Å². The van der Waals surface area contributed by atoms with Gasteiger partial charge in [-0.15, -0.1) is 0 Å². The molecule has 9 nitrogen and oxygen atoms in total. The lowest BCUT2D eigenvalue weighted by molar-refractivity contribution is -0.134. The molecular weight excluding hydrogens is 448 g/mol. The van der Waals surface area contributed by atoms with Crippen LogP contribution in [-0.2, 0) is 16.1 Å². The van der Waals surface area contributed by atoms with Crippen LogP contribution in [0.1, 0.15) is 38.1 Å². The smallest absolute Gasteiger partial charge is 0.308 e. The Balaban J connectivity index is 1.44. The van der Waals surface area contributed by atoms with Crippen molar-refractivity contribution in [2.45, 2.75) is 34.2 Å². The first-order valence-corrected chi connectivity index (χ1v) is 11.7. The van der Waals surface area contributed by atoms with Crippen LogP contribution in [0.2, 0.25) is 0 Å². The van der Waals surface area contributed by atoms with Crippen molar-refractivity contribution in [1.29, 1.82) is 0 Å². The maximum absolute atomic E-state index is 13.1. The van der Waals surface area contributed by atoms with E-state index in [4.69, 9.17) is 9.47 Å². The number of fused-ring (bicyclic) bond motifs is 1. The van der Waals surface area contributed by atoms with E-state index in [1.807, 2.05) is 10.9 Å². The molecule has 1 saturated heterocycles. The van der Waals surface area contributed by atoms with Crippen LogP contribution in [0, 0.1) is 5.92 Å². The molecule has 0 saturated carbocycles. The number of aromatic nitrogens is 2. The second kappa shape index (κ2) is 10.2. The molecule has 1 aliphatic rings. The lowest BCUT2D eigenvalue weighted by Gasteiger charge is -2.36. The lowest BCUT2D eigenvalue weighted by Crippen LogP contribution is -2.48. The van der Waals surface area contributed by atoms with E-state index in [1.54, 1.807) is 11.0 Å². The molecule has 1 aliphatic heterocycles. The molecule has 184 valence electrons. The molecule has 1 amide bonds. The van der Waals surface area contributed by atoms with Gasteiger partial charge in [0.25, 0.3) is 5.91 Å². The van der Waals surface area contributed by atoms with E-state index in [9.17, 15) is 14.4 Å². The summed E-state index contributed by atoms with van der Waals surface area (Å²) in [6, 6.07) is 10.9. The first-order chi connectivity index (χ1) is 16.7. The van der Waals surface area contributed by atoms with Crippen LogP contribution in [0.15, 0.2) is 42.6 Å². The fraction of sp³-hybridized carbons (Fsp3) is 0.385. The minimum atomic E-state index is -0.566. The first-order valence-electron chi connectivity index (χ1n) is 11.7. The Morgan fingerprint density at radius 2 is 1.60 bits per heavy atom. The predicted octanol–water partition coefficient (Wildman–Crippen LogP) is 3.51. The van der Waals surface area contributed by atoms with Crippen LogP contribution in [0.4, 0.5) is 5.69 Å². The maximum atomic E-state index is 13.1. The van der Waals surface area contributed by atoms with Gasteiger partial charge in [-0.2, -0.15) is 5.10 Å². The van der Waals surface area contributed by atoms with Crippen LogP contribution in [-0.4, -0.2) is 58.7 Å². The SMILES string of the molecule is CC(=O)Oc1ccc(C(=O)N2CCN(c3ccc4c(cnn4CC(C)C)c3)CC2)cc1OC(C)=O. The molecule has 35 heavy (non-hydrogen) atoms. The Bertz CT molecular complexity index is 1260. The molecule has 0 unspecified atom stereocenters. The van der Waals surface area contributed by atoms with E-state index in [0.717, 1.165) is 23.1 Å². The number of ether oxygens (including phenoxy) is 2. The summed E-state index contributed by atoms with van der Waals surface area (Å²) in [5, 5.41) is 5.63. The van der Waals surface area contributed by atoms with Gasteiger partial charge in [0.1, 0.15) is 0 Å². The molecule has 0 aliphatic carbocycles. The number of carbonyl (C=O) groups is 3. The third-order valence-corrected chi connectivity index (χ3v) is 5.79. The molecule has 0 atom stereocenters. The van der Waals surface area contributed by atoms with Gasteiger partial charge >= 0.3 is 11.9 Å². The number of hydrogen-bond acceptors (Lipinski definition) is 7. The third kappa shape index (κ3) is 5.62. The quantitative estimate of drug-likeness (QED) is 0.395. The van der Waals surface area contributed by atoms with E-state index in [-0.39, 0.29) is 17.4 Å². The number of nitrogens with zero attached hydrogens (tertiary/aromatic N) is 4. The predicted molar refractivity (Wildman–Crippen MR) is 132 cm³/mol. The summed E-state index contributed by atoms with van der Waals surface area (Å²) in [6.45, 7) is 10.2. The number of benzene rings is 2. The average molecular weight is 479 g/mol. The van der Waals surface area contributed by atoms with Crippen molar-refractivity contribution in [1.82, 2.24) is 14.7 Å². The molecule has 0 spiro atoms. The van der Waals surface area contributed by atoms with Crippen LogP contribution < -0.4 is 14.4 Å². The van der Waals surface area contributed by atoms with E-state index in [0.29, 0.717) is 37.7 Å². The Labute approximate surface area is 204 Å². The summed E-state index contributed by atoms with van der Waals surface area (Å²) in [4.78, 5) is 40.0. The van der Waals surface area contributed by atoms with Crippen molar-refractivity contribution >= 4 is 34.4 Å². The molecule has 2 heterocycles. The standard InChI is InChI=1S/C26H30N4O5/c1-17(2)16-30-23-7-6-22(13-21(23)15-27-30)28-9-11-29(12-10-28)26(33)20-5-8-24(34-18(3)31)25(14-20)35-19(4)32/h5-8,13-15,17H,9-12,16H2,1-4H3. The molecular formula is C26H30N4O5. The number of anilines is 1. The van der Waals surface area contributed by atoms with Crippen molar-refractivity contribution < 1.29 is 23.9 Å². The van der Waals surface area contributed by atoms with Crippen molar-refractivity contribution in [2.24, 2.45) is 5.92 Å². The van der Waals surface area contributed by atoms with E-state index >= 15 is 0 Å². The Hall–Kier alpha value is -3.88. The van der Waals surface area contributed by atoms with Crippen molar-refractivity contribution in [3.8, 4) is 11.5 Å². The van der Waals surface area contributed by atoms with Gasteiger partial charge in [-0.1, -0.05) is 13.8 Å². The van der Waals surface area contributed by atoms with Crippen molar-refractivity contribution in [3.63, 3.8) is 0 Å². The number of carbonyl (C=O) groups excluding carboxylic acids is 3. The number of piperazine rings is 1. The van der Waals surface area contributed by atoms with Crippen LogP contribution in [0.5, 0.6) is 11.5 Å². The second-order valence-corrected chi connectivity index (χ2v) is 9.09. The first kappa shape index (κ1) is 24.3. The average Bonchev–Trinajstić information content (AvgIpc) is 3.20. The molecule has 2 aromatic carbocycles. The summed E-state index contributed by atoms with van der Waals surface area (Å²) < 4.78 is 12.3. The summed E-state index contributed by atoms with van der Waals surface area (Å²) in [6.07, 6.45) is 1.90. The normalized spacial score (nSPS) is 13.9. The summed E-state index contributed by atoms with van der Waals surface area (Å²) in [7, 11) is 0. The molecule has 1 aromatic heterocycles. The highest BCUT2D eigenvalue weighted by Gasteiger charge is 2.24. The minimum absolute atomic E-state index is 0.0449. The Morgan fingerprint density at radius 3 is 2.26 bits per heavy atom. The monoisotopic (exact) mass is 478 g/mol. The van der Waals surface area contributed by atoms with Crippen molar-refractivity contribution in [3.05, 3.63) is 48.2 Å².